The van der Waals surface area contributed by atoms with Gasteiger partial charge in [0.15, 0.2) is 17.5 Å². The summed E-state index contributed by atoms with van der Waals surface area (Å²) >= 11 is 7.80. The van der Waals surface area contributed by atoms with Gasteiger partial charge in [-0.05, 0) is 43.2 Å². The van der Waals surface area contributed by atoms with Crippen LogP contribution in [0, 0.1) is 0 Å². The van der Waals surface area contributed by atoms with E-state index in [2.05, 4.69) is 27.3 Å². The summed E-state index contributed by atoms with van der Waals surface area (Å²) in [4.78, 5) is 57.6. The highest BCUT2D eigenvalue weighted by Crippen LogP contribution is 2.33. The maximum absolute atomic E-state index is 14.1. The molecule has 2 aromatic heterocycles. The van der Waals surface area contributed by atoms with Crippen LogP contribution in [0.15, 0.2) is 71.2 Å². The quantitative estimate of drug-likeness (QED) is 0.0379. The molecule has 53 heavy (non-hydrogen) atoms. The summed E-state index contributed by atoms with van der Waals surface area (Å²) in [5.41, 5.74) is 5.12. The Morgan fingerprint density at radius 3 is 2.30 bits per heavy atom. The number of aliphatic imine (C=N–C) groups is 1. The molecule has 2 aromatic carbocycles. The number of benzene rings is 2. The molecule has 0 radical (unpaired) electrons. The molecule has 3 heterocycles. The number of nitrogens with zero attached hydrogens (tertiary/aromatic N) is 6. The first-order valence-corrected chi connectivity index (χ1v) is 19.9. The van der Waals surface area contributed by atoms with Crippen molar-refractivity contribution in [3.8, 4) is 0 Å². The number of amides is 1. The molecule has 1 amide bonds. The lowest BCUT2D eigenvalue weighted by Gasteiger charge is -2.15. The van der Waals surface area contributed by atoms with Crippen LogP contribution in [-0.4, -0.2) is 62.2 Å². The largest absolute Gasteiger partial charge is 0.465 e. The van der Waals surface area contributed by atoms with Crippen LogP contribution >= 0.6 is 23.4 Å². The lowest BCUT2D eigenvalue weighted by atomic mass is 10.1. The second-order valence-corrected chi connectivity index (χ2v) is 14.2. The minimum atomic E-state index is -1.02. The number of aromatic nitrogens is 4. The Bertz CT molecular complexity index is 1850. The fourth-order valence-electron chi connectivity index (χ4n) is 5.89. The molecule has 1 aliphatic rings. The Morgan fingerprint density at radius 1 is 0.868 bits per heavy atom. The van der Waals surface area contributed by atoms with E-state index < -0.39 is 12.0 Å². The first-order valence-electron chi connectivity index (χ1n) is 18.6. The van der Waals surface area contributed by atoms with Gasteiger partial charge in [-0.2, -0.15) is 0 Å². The fraction of sp³-hybridized carbons (Fsp3) is 0.462. The number of carbonyl (C=O) groups is 3. The maximum Gasteiger partial charge on any atom is 0.338 e. The summed E-state index contributed by atoms with van der Waals surface area (Å²) in [6.45, 7) is 4.96. The Balaban J connectivity index is 1.31. The van der Waals surface area contributed by atoms with Crippen LogP contribution in [0.5, 0.6) is 0 Å². The number of rotatable bonds is 21. The molecule has 1 fully saturated rings. The standard InChI is InChI=1S/C39H48ClN7O5S/c1-3-5-7-8-9-10-11-12-13-17-23-52-39(50)28-20-21-30(40)31(24-28)44-35-34(38(49)47(45-35)29-18-15-14-16-19-29)46-27-43-33-36(46)41-26-42-37(33)53-25-32(48)51-22-6-4-2/h14-16,18-21,24,26-27,34H,3-13,17,22-23,25H2,1-2H3,(H,44,45). The van der Waals surface area contributed by atoms with Gasteiger partial charge in [0.2, 0.25) is 0 Å². The number of hydrogen-bond acceptors (Lipinski definition) is 10. The number of halogens is 1. The molecular weight excluding hydrogens is 714 g/mol. The fourth-order valence-corrected chi connectivity index (χ4v) is 6.79. The lowest BCUT2D eigenvalue weighted by molar-refractivity contribution is -0.140. The minimum Gasteiger partial charge on any atom is -0.465 e. The highest BCUT2D eigenvalue weighted by molar-refractivity contribution is 8.00. The number of para-hydroxylation sites is 1. The molecule has 5 rings (SSSR count). The number of hydrogen-bond donors (Lipinski definition) is 1. The van der Waals surface area contributed by atoms with Crippen LogP contribution in [0.4, 0.5) is 11.4 Å². The van der Waals surface area contributed by atoms with E-state index in [0.29, 0.717) is 40.7 Å². The molecule has 14 heteroatoms. The van der Waals surface area contributed by atoms with E-state index in [4.69, 9.17) is 26.1 Å². The van der Waals surface area contributed by atoms with E-state index in [1.807, 2.05) is 25.1 Å². The van der Waals surface area contributed by atoms with Crippen molar-refractivity contribution in [1.29, 1.82) is 0 Å². The first kappa shape index (κ1) is 39.7. The predicted molar refractivity (Wildman–Crippen MR) is 209 cm³/mol. The summed E-state index contributed by atoms with van der Waals surface area (Å²) in [5, 5.41) is 2.17. The number of carbonyl (C=O) groups excluding carboxylic acids is 3. The molecule has 0 bridgehead atoms. The van der Waals surface area contributed by atoms with E-state index >= 15 is 0 Å². The lowest BCUT2D eigenvalue weighted by Crippen LogP contribution is -2.35. The van der Waals surface area contributed by atoms with E-state index in [-0.39, 0.29) is 34.2 Å². The average molecular weight is 762 g/mol. The summed E-state index contributed by atoms with van der Waals surface area (Å²) in [5.74, 6) is -0.862. The van der Waals surface area contributed by atoms with Gasteiger partial charge in [-0.3, -0.25) is 19.6 Å². The highest BCUT2D eigenvalue weighted by atomic mass is 35.5. The van der Waals surface area contributed by atoms with E-state index in [0.717, 1.165) is 32.1 Å². The maximum atomic E-state index is 14.1. The Morgan fingerprint density at radius 2 is 1.57 bits per heavy atom. The van der Waals surface area contributed by atoms with Crippen molar-refractivity contribution in [1.82, 2.24) is 24.9 Å². The molecule has 12 nitrogen and oxygen atoms in total. The van der Waals surface area contributed by atoms with Crippen LogP contribution in [0.1, 0.15) is 107 Å². The van der Waals surface area contributed by atoms with Gasteiger partial charge in [0.25, 0.3) is 5.91 Å². The molecule has 1 unspecified atom stereocenters. The van der Waals surface area contributed by atoms with Gasteiger partial charge in [0.1, 0.15) is 16.9 Å². The zero-order chi connectivity index (χ0) is 37.4. The number of hydrazine groups is 1. The molecule has 1 atom stereocenters. The summed E-state index contributed by atoms with van der Waals surface area (Å²) in [7, 11) is 0. The number of nitrogens with one attached hydrogen (secondary N) is 1. The third-order valence-corrected chi connectivity index (χ3v) is 10.1. The Kier molecular flexibility index (Phi) is 15.5. The summed E-state index contributed by atoms with van der Waals surface area (Å²) in [6.07, 6.45) is 16.5. The first-order chi connectivity index (χ1) is 25.9. The number of thioether (sulfide) groups is 1. The molecule has 0 spiro atoms. The van der Waals surface area contributed by atoms with Gasteiger partial charge in [-0.15, -0.1) is 0 Å². The summed E-state index contributed by atoms with van der Waals surface area (Å²) < 4.78 is 12.5. The Labute approximate surface area is 320 Å². The number of unbranched alkanes of at least 4 members (excludes halogenated alkanes) is 10. The van der Waals surface area contributed by atoms with Crippen LogP contribution in [0.2, 0.25) is 5.02 Å². The van der Waals surface area contributed by atoms with Crippen LogP contribution in [0.25, 0.3) is 11.2 Å². The molecule has 1 N–H and O–H groups in total. The number of amidine groups is 1. The average Bonchev–Trinajstić information content (AvgIpc) is 3.74. The number of imidazole rings is 1. The molecule has 0 aliphatic carbocycles. The Hall–Kier alpha value is -4.49. The van der Waals surface area contributed by atoms with E-state index in [1.54, 1.807) is 34.9 Å². The van der Waals surface area contributed by atoms with E-state index in [1.165, 1.54) is 74.4 Å². The zero-order valence-electron chi connectivity index (χ0n) is 30.5. The van der Waals surface area contributed by atoms with Gasteiger partial charge in [0.05, 0.1) is 47.3 Å². The van der Waals surface area contributed by atoms with E-state index in [9.17, 15) is 14.4 Å². The second kappa shape index (κ2) is 20.7. The zero-order valence-corrected chi connectivity index (χ0v) is 32.0. The van der Waals surface area contributed by atoms with Crippen molar-refractivity contribution < 1.29 is 23.9 Å². The van der Waals surface area contributed by atoms with Crippen molar-refractivity contribution in [2.45, 2.75) is 102 Å². The van der Waals surface area contributed by atoms with Gasteiger partial charge in [-0.1, -0.05) is 120 Å². The summed E-state index contributed by atoms with van der Waals surface area (Å²) in [6, 6.07) is 12.8. The van der Waals surface area contributed by atoms with Gasteiger partial charge < -0.3 is 9.47 Å². The van der Waals surface area contributed by atoms with Crippen molar-refractivity contribution in [2.75, 3.05) is 24.0 Å². The molecule has 282 valence electrons. The third-order valence-electron chi connectivity index (χ3n) is 8.80. The van der Waals surface area contributed by atoms with Gasteiger partial charge in [-0.25, -0.2) is 29.7 Å². The third kappa shape index (κ3) is 11.0. The predicted octanol–water partition coefficient (Wildman–Crippen LogP) is 8.82. The van der Waals surface area contributed by atoms with Crippen molar-refractivity contribution in [3.05, 3.63) is 71.8 Å². The number of fused-ring (bicyclic) bond motifs is 1. The molecule has 4 aromatic rings. The smallest absolute Gasteiger partial charge is 0.338 e. The minimum absolute atomic E-state index is 0.0532. The molecule has 1 saturated heterocycles. The van der Waals surface area contributed by atoms with Crippen LogP contribution < -0.4 is 10.4 Å². The molecule has 1 aliphatic heterocycles. The van der Waals surface area contributed by atoms with Crippen LogP contribution in [-0.2, 0) is 19.1 Å². The normalized spacial score (nSPS) is 14.9. The molecule has 0 saturated carbocycles. The second-order valence-electron chi connectivity index (χ2n) is 12.9. The van der Waals surface area contributed by atoms with Crippen molar-refractivity contribution in [2.24, 2.45) is 4.99 Å². The number of ether oxygens (including phenoxy) is 2. The van der Waals surface area contributed by atoms with Gasteiger partial charge >= 0.3 is 11.9 Å². The monoisotopic (exact) mass is 761 g/mol. The van der Waals surface area contributed by atoms with Gasteiger partial charge in [0, 0.05) is 0 Å². The SMILES string of the molecule is CCCCCCCCCCCCOC(=O)c1ccc(Cl)c(N=C2NN(c3ccccc3)C(=O)C2n2cnc3c(SCC(=O)OCCCC)ncnc32)c1. The number of esters is 2. The van der Waals surface area contributed by atoms with Crippen LogP contribution in [0.3, 0.4) is 0 Å². The topological polar surface area (TPSA) is 141 Å². The highest BCUT2D eigenvalue weighted by Gasteiger charge is 2.41. The number of anilines is 1. The molecular formula is C39H48ClN7O5S. The van der Waals surface area contributed by atoms with Crippen molar-refractivity contribution >= 4 is 69.6 Å². The van der Waals surface area contributed by atoms with Crippen molar-refractivity contribution in [3.63, 3.8) is 0 Å².